The topological polar surface area (TPSA) is 39.1 Å². The maximum absolute atomic E-state index is 5.59. The van der Waals surface area contributed by atoms with E-state index in [4.69, 9.17) is 4.74 Å². The van der Waals surface area contributed by atoms with Crippen LogP contribution in [-0.2, 0) is 13.6 Å². The normalized spacial score (nSPS) is 10.9. The molecule has 4 nitrogen and oxygen atoms in total. The second-order valence-corrected chi connectivity index (χ2v) is 5.72. The van der Waals surface area contributed by atoms with Crippen LogP contribution in [0, 0.1) is 13.8 Å². The summed E-state index contributed by atoms with van der Waals surface area (Å²) in [6, 6.07) is 4.26. The zero-order chi connectivity index (χ0) is 14.9. The highest BCUT2D eigenvalue weighted by molar-refractivity contribution is 9.10. The molecule has 0 aliphatic carbocycles. The maximum Gasteiger partial charge on any atom is 0.131 e. The fourth-order valence-corrected chi connectivity index (χ4v) is 3.22. The van der Waals surface area contributed by atoms with E-state index < -0.39 is 0 Å². The summed E-state index contributed by atoms with van der Waals surface area (Å²) in [6.45, 7) is 4.88. The zero-order valence-electron chi connectivity index (χ0n) is 12.5. The third-order valence-electron chi connectivity index (χ3n) is 3.28. The van der Waals surface area contributed by atoms with Crippen molar-refractivity contribution < 1.29 is 4.74 Å². The summed E-state index contributed by atoms with van der Waals surface area (Å²) in [5.41, 5.74) is 5.44. The second-order valence-electron chi connectivity index (χ2n) is 4.93. The molecule has 0 saturated carbocycles. The number of nitrogens with one attached hydrogen (secondary N) is 1. The molecule has 0 radical (unpaired) electrons. The standard InChI is InChI=1S/C15H20BrN3O/c1-9-6-10(2)15(20-5)11(7-9)14-13(16)12(8-17-3)18-19(14)4/h6-7,17H,8H2,1-5H3. The van der Waals surface area contributed by atoms with Crippen molar-refractivity contribution in [3.8, 4) is 17.0 Å². The van der Waals surface area contributed by atoms with Crippen molar-refractivity contribution in [1.82, 2.24) is 15.1 Å². The van der Waals surface area contributed by atoms with E-state index in [2.05, 4.69) is 52.3 Å². The summed E-state index contributed by atoms with van der Waals surface area (Å²) < 4.78 is 8.50. The van der Waals surface area contributed by atoms with Crippen LogP contribution in [0.1, 0.15) is 16.8 Å². The molecular formula is C15H20BrN3O. The van der Waals surface area contributed by atoms with Gasteiger partial charge >= 0.3 is 0 Å². The van der Waals surface area contributed by atoms with Gasteiger partial charge in [-0.3, -0.25) is 4.68 Å². The summed E-state index contributed by atoms with van der Waals surface area (Å²) in [6.07, 6.45) is 0. The summed E-state index contributed by atoms with van der Waals surface area (Å²) in [5, 5.41) is 7.69. The number of methoxy groups -OCH3 is 1. The van der Waals surface area contributed by atoms with Crippen LogP contribution in [0.3, 0.4) is 0 Å². The van der Waals surface area contributed by atoms with E-state index in [0.717, 1.165) is 39.3 Å². The Labute approximate surface area is 128 Å². The first-order valence-electron chi connectivity index (χ1n) is 6.51. The number of nitrogens with zero attached hydrogens (tertiary/aromatic N) is 2. The van der Waals surface area contributed by atoms with Crippen LogP contribution in [0.25, 0.3) is 11.3 Å². The molecule has 0 unspecified atom stereocenters. The van der Waals surface area contributed by atoms with E-state index in [1.807, 2.05) is 18.8 Å². The molecule has 1 aromatic heterocycles. The summed E-state index contributed by atoms with van der Waals surface area (Å²) in [5.74, 6) is 0.898. The molecule has 0 saturated heterocycles. The number of benzene rings is 1. The van der Waals surface area contributed by atoms with Crippen LogP contribution in [0.2, 0.25) is 0 Å². The van der Waals surface area contributed by atoms with E-state index >= 15 is 0 Å². The average Bonchev–Trinajstić information content (AvgIpc) is 2.64. The number of hydrogen-bond donors (Lipinski definition) is 1. The highest BCUT2D eigenvalue weighted by Crippen LogP contribution is 2.38. The molecule has 0 bridgehead atoms. The monoisotopic (exact) mass is 337 g/mol. The molecule has 1 heterocycles. The van der Waals surface area contributed by atoms with Gasteiger partial charge < -0.3 is 10.1 Å². The first-order valence-corrected chi connectivity index (χ1v) is 7.30. The van der Waals surface area contributed by atoms with Gasteiger partial charge in [0.05, 0.1) is 23.0 Å². The van der Waals surface area contributed by atoms with Crippen LogP contribution >= 0.6 is 15.9 Å². The smallest absolute Gasteiger partial charge is 0.131 e. The van der Waals surface area contributed by atoms with Crippen LogP contribution < -0.4 is 10.1 Å². The van der Waals surface area contributed by atoms with E-state index in [1.54, 1.807) is 7.11 Å². The van der Waals surface area contributed by atoms with Gasteiger partial charge in [-0.2, -0.15) is 5.10 Å². The lowest BCUT2D eigenvalue weighted by Gasteiger charge is -2.13. The van der Waals surface area contributed by atoms with Gasteiger partial charge in [0.15, 0.2) is 0 Å². The molecule has 0 spiro atoms. The third-order valence-corrected chi connectivity index (χ3v) is 4.11. The molecule has 0 amide bonds. The molecule has 20 heavy (non-hydrogen) atoms. The van der Waals surface area contributed by atoms with Crippen LogP contribution in [0.15, 0.2) is 16.6 Å². The molecule has 2 rings (SSSR count). The Bertz CT molecular complexity index is 635. The summed E-state index contributed by atoms with van der Waals surface area (Å²) in [4.78, 5) is 0. The summed E-state index contributed by atoms with van der Waals surface area (Å²) >= 11 is 3.67. The molecule has 0 aliphatic rings. The van der Waals surface area contributed by atoms with Crippen molar-refractivity contribution in [1.29, 1.82) is 0 Å². The lowest BCUT2D eigenvalue weighted by Crippen LogP contribution is -2.06. The van der Waals surface area contributed by atoms with Gasteiger partial charge in [0.2, 0.25) is 0 Å². The predicted octanol–water partition coefficient (Wildman–Crippen LogP) is 3.19. The van der Waals surface area contributed by atoms with Crippen molar-refractivity contribution in [2.75, 3.05) is 14.2 Å². The SMILES string of the molecule is CNCc1nn(C)c(-c2cc(C)cc(C)c2OC)c1Br. The molecule has 2 aromatic rings. The van der Waals surface area contributed by atoms with Crippen molar-refractivity contribution in [2.24, 2.45) is 7.05 Å². The van der Waals surface area contributed by atoms with Gasteiger partial charge in [-0.1, -0.05) is 6.07 Å². The minimum absolute atomic E-state index is 0.724. The number of rotatable bonds is 4. The Morgan fingerprint density at radius 3 is 2.65 bits per heavy atom. The minimum Gasteiger partial charge on any atom is -0.496 e. The molecule has 0 atom stereocenters. The Morgan fingerprint density at radius 2 is 2.05 bits per heavy atom. The predicted molar refractivity (Wildman–Crippen MR) is 85.1 cm³/mol. The highest BCUT2D eigenvalue weighted by atomic mass is 79.9. The van der Waals surface area contributed by atoms with Gasteiger partial charge in [-0.05, 0) is 54.0 Å². The number of ether oxygens (including phenoxy) is 1. The van der Waals surface area contributed by atoms with Crippen molar-refractivity contribution >= 4 is 15.9 Å². The molecule has 108 valence electrons. The molecule has 5 heteroatoms. The Morgan fingerprint density at radius 1 is 1.35 bits per heavy atom. The molecule has 1 aromatic carbocycles. The zero-order valence-corrected chi connectivity index (χ0v) is 14.1. The van der Waals surface area contributed by atoms with Gasteiger partial charge in [0.25, 0.3) is 0 Å². The first kappa shape index (κ1) is 15.1. The Hall–Kier alpha value is -1.33. The van der Waals surface area contributed by atoms with E-state index in [-0.39, 0.29) is 0 Å². The first-order chi connectivity index (χ1) is 9.49. The molecule has 0 aliphatic heterocycles. The maximum atomic E-state index is 5.59. The van der Waals surface area contributed by atoms with Gasteiger partial charge in [0.1, 0.15) is 5.75 Å². The van der Waals surface area contributed by atoms with Crippen LogP contribution in [-0.4, -0.2) is 23.9 Å². The van der Waals surface area contributed by atoms with E-state index in [0.29, 0.717) is 0 Å². The number of aromatic nitrogens is 2. The lowest BCUT2D eigenvalue weighted by molar-refractivity contribution is 0.413. The van der Waals surface area contributed by atoms with Gasteiger partial charge in [-0.25, -0.2) is 0 Å². The van der Waals surface area contributed by atoms with Crippen LogP contribution in [0.5, 0.6) is 5.75 Å². The fraction of sp³-hybridized carbons (Fsp3) is 0.400. The average molecular weight is 338 g/mol. The van der Waals surface area contributed by atoms with E-state index in [9.17, 15) is 0 Å². The van der Waals surface area contributed by atoms with Crippen molar-refractivity contribution in [2.45, 2.75) is 20.4 Å². The van der Waals surface area contributed by atoms with E-state index in [1.165, 1.54) is 5.56 Å². The fourth-order valence-electron chi connectivity index (χ4n) is 2.53. The Balaban J connectivity index is 2.68. The van der Waals surface area contributed by atoms with Crippen molar-refractivity contribution in [3.63, 3.8) is 0 Å². The lowest BCUT2D eigenvalue weighted by atomic mass is 10.0. The Kier molecular flexibility index (Phi) is 4.50. The number of hydrogen-bond acceptors (Lipinski definition) is 3. The van der Waals surface area contributed by atoms with Crippen molar-refractivity contribution in [3.05, 3.63) is 33.4 Å². The highest BCUT2D eigenvalue weighted by Gasteiger charge is 2.19. The quantitative estimate of drug-likeness (QED) is 0.931. The molecular weight excluding hydrogens is 318 g/mol. The minimum atomic E-state index is 0.724. The second kappa shape index (κ2) is 5.97. The number of halogens is 1. The summed E-state index contributed by atoms with van der Waals surface area (Å²) in [7, 11) is 5.58. The molecule has 1 N–H and O–H groups in total. The van der Waals surface area contributed by atoms with Crippen LogP contribution in [0.4, 0.5) is 0 Å². The molecule has 0 fully saturated rings. The number of aryl methyl sites for hydroxylation is 3. The third kappa shape index (κ3) is 2.60. The largest absolute Gasteiger partial charge is 0.496 e. The van der Waals surface area contributed by atoms with Gasteiger partial charge in [-0.15, -0.1) is 0 Å². The van der Waals surface area contributed by atoms with Gasteiger partial charge in [0, 0.05) is 19.2 Å².